The molecule has 2 spiro atoms. The second-order valence-corrected chi connectivity index (χ2v) is 15.5. The first kappa shape index (κ1) is 32.0. The van der Waals surface area contributed by atoms with E-state index < -0.39 is 11.2 Å². The number of nitrogens with one attached hydrogen (secondary N) is 1. The summed E-state index contributed by atoms with van der Waals surface area (Å²) in [5, 5.41) is 2.88. The lowest BCUT2D eigenvalue weighted by atomic mass is 9.74. The molecule has 2 amide bonds. The third-order valence-corrected chi connectivity index (χ3v) is 9.73. The van der Waals surface area contributed by atoms with Crippen molar-refractivity contribution in [2.45, 2.75) is 118 Å². The molecular formula is C34H50N2O6. The number of carbonyl (C=O) groups is 4. The summed E-state index contributed by atoms with van der Waals surface area (Å²) in [6.45, 7) is 18.6. The maximum atomic E-state index is 13.2. The van der Waals surface area contributed by atoms with Gasteiger partial charge in [-0.1, -0.05) is 44.2 Å². The molecule has 0 aromatic heterocycles. The topological polar surface area (TPSA) is 102 Å². The molecule has 1 N–H and O–H groups in total. The lowest BCUT2D eigenvalue weighted by molar-refractivity contribution is -0.159. The molecule has 0 radical (unpaired) electrons. The summed E-state index contributed by atoms with van der Waals surface area (Å²) in [5.74, 6) is -0.0930. The molecule has 232 valence electrons. The van der Waals surface area contributed by atoms with Crippen LogP contribution in [0.15, 0.2) is 30.3 Å². The molecule has 4 fully saturated rings. The van der Waals surface area contributed by atoms with Gasteiger partial charge in [0.1, 0.15) is 11.2 Å². The van der Waals surface area contributed by atoms with Crippen LogP contribution in [-0.4, -0.2) is 52.9 Å². The Morgan fingerprint density at radius 3 is 1.76 bits per heavy atom. The SMILES string of the molecule is CC(C)(C)OC(=O)C[C@]1(C)CNC(=O)C12CC2.C[C@H](c1ccccc1)N1C[C@@](C)(CC(=O)OC(C)(C)C)C2(CC2)C1=O. The number of hydrogen-bond donors (Lipinski definition) is 1. The normalized spacial score (nSPS) is 27.7. The molecule has 1 aromatic carbocycles. The number of nitrogens with zero attached hydrogens (tertiary/aromatic N) is 1. The van der Waals surface area contributed by atoms with Gasteiger partial charge in [0.15, 0.2) is 0 Å². The Morgan fingerprint density at radius 2 is 1.31 bits per heavy atom. The monoisotopic (exact) mass is 582 g/mol. The van der Waals surface area contributed by atoms with E-state index in [1.165, 1.54) is 0 Å². The Morgan fingerprint density at radius 1 is 0.833 bits per heavy atom. The van der Waals surface area contributed by atoms with E-state index in [1.807, 2.05) is 71.6 Å². The first-order chi connectivity index (χ1) is 19.3. The van der Waals surface area contributed by atoms with Gasteiger partial charge in [-0.15, -0.1) is 0 Å². The van der Waals surface area contributed by atoms with E-state index in [-0.39, 0.29) is 51.5 Å². The molecule has 8 nitrogen and oxygen atoms in total. The van der Waals surface area contributed by atoms with Gasteiger partial charge >= 0.3 is 11.9 Å². The molecule has 2 aliphatic carbocycles. The highest BCUT2D eigenvalue weighted by Gasteiger charge is 2.69. The molecule has 3 atom stereocenters. The lowest BCUT2D eigenvalue weighted by Gasteiger charge is -2.30. The Kier molecular flexibility index (Phi) is 8.14. The Hall–Kier alpha value is -2.90. The molecule has 2 heterocycles. The van der Waals surface area contributed by atoms with Crippen molar-refractivity contribution in [3.63, 3.8) is 0 Å². The zero-order valence-corrected chi connectivity index (χ0v) is 27.0. The van der Waals surface area contributed by atoms with Crippen LogP contribution in [0, 0.1) is 21.7 Å². The maximum Gasteiger partial charge on any atom is 0.306 e. The van der Waals surface area contributed by atoms with Crippen LogP contribution < -0.4 is 5.32 Å². The zero-order chi connectivity index (χ0) is 31.4. The third kappa shape index (κ3) is 6.23. The number of hydrogen-bond acceptors (Lipinski definition) is 6. The minimum Gasteiger partial charge on any atom is -0.460 e. The third-order valence-electron chi connectivity index (χ3n) is 9.73. The van der Waals surface area contributed by atoms with Crippen LogP contribution >= 0.6 is 0 Å². The van der Waals surface area contributed by atoms with Gasteiger partial charge in [0, 0.05) is 23.9 Å². The molecule has 1 aromatic rings. The zero-order valence-electron chi connectivity index (χ0n) is 27.0. The second-order valence-electron chi connectivity index (χ2n) is 15.5. The van der Waals surface area contributed by atoms with Gasteiger partial charge in [-0.3, -0.25) is 19.2 Å². The van der Waals surface area contributed by atoms with E-state index >= 15 is 0 Å². The molecule has 2 saturated carbocycles. The van der Waals surface area contributed by atoms with Crippen molar-refractivity contribution in [3.8, 4) is 0 Å². The van der Waals surface area contributed by atoms with Gasteiger partial charge < -0.3 is 19.7 Å². The molecular weight excluding hydrogens is 532 g/mol. The first-order valence-corrected chi connectivity index (χ1v) is 15.3. The van der Waals surface area contributed by atoms with E-state index in [0.29, 0.717) is 25.9 Å². The predicted octanol–water partition coefficient (Wildman–Crippen LogP) is 5.74. The maximum absolute atomic E-state index is 13.2. The molecule has 5 rings (SSSR count). The Bertz CT molecular complexity index is 1220. The number of rotatable bonds is 6. The van der Waals surface area contributed by atoms with Crippen LogP contribution in [0.2, 0.25) is 0 Å². The summed E-state index contributed by atoms with van der Waals surface area (Å²) in [6.07, 6.45) is 4.18. The molecule has 2 aliphatic heterocycles. The molecule has 0 bridgehead atoms. The fourth-order valence-corrected chi connectivity index (χ4v) is 6.99. The van der Waals surface area contributed by atoms with Gasteiger partial charge in [-0.2, -0.15) is 0 Å². The average Bonchev–Trinajstić information content (AvgIpc) is 3.76. The van der Waals surface area contributed by atoms with E-state index in [0.717, 1.165) is 31.2 Å². The highest BCUT2D eigenvalue weighted by molar-refractivity contribution is 5.91. The van der Waals surface area contributed by atoms with Crippen LogP contribution in [0.25, 0.3) is 0 Å². The molecule has 42 heavy (non-hydrogen) atoms. The van der Waals surface area contributed by atoms with Crippen LogP contribution in [-0.2, 0) is 28.7 Å². The van der Waals surface area contributed by atoms with Gasteiger partial charge in [-0.05, 0) is 79.7 Å². The molecule has 2 saturated heterocycles. The minimum atomic E-state index is -0.496. The number of esters is 2. The Balaban J connectivity index is 0.000000208. The average molecular weight is 583 g/mol. The Labute approximate surface area is 251 Å². The van der Waals surface area contributed by atoms with E-state index in [4.69, 9.17) is 9.47 Å². The van der Waals surface area contributed by atoms with Crippen molar-refractivity contribution in [2.75, 3.05) is 13.1 Å². The quantitative estimate of drug-likeness (QED) is 0.429. The fourth-order valence-electron chi connectivity index (χ4n) is 6.99. The van der Waals surface area contributed by atoms with Crippen LogP contribution in [0.3, 0.4) is 0 Å². The van der Waals surface area contributed by atoms with Crippen molar-refractivity contribution >= 4 is 23.8 Å². The number of benzene rings is 1. The highest BCUT2D eigenvalue weighted by Crippen LogP contribution is 2.66. The summed E-state index contributed by atoms with van der Waals surface area (Å²) in [6, 6.07) is 10.1. The van der Waals surface area contributed by atoms with E-state index in [2.05, 4.69) is 31.3 Å². The van der Waals surface area contributed by atoms with Crippen LogP contribution in [0.5, 0.6) is 0 Å². The predicted molar refractivity (Wildman–Crippen MR) is 160 cm³/mol. The van der Waals surface area contributed by atoms with Gasteiger partial charge in [-0.25, -0.2) is 0 Å². The molecule has 0 unspecified atom stereocenters. The van der Waals surface area contributed by atoms with Crippen molar-refractivity contribution < 1.29 is 28.7 Å². The highest BCUT2D eigenvalue weighted by atomic mass is 16.6. The summed E-state index contributed by atoms with van der Waals surface area (Å²) in [5.41, 5.74) is -1.10. The summed E-state index contributed by atoms with van der Waals surface area (Å²) < 4.78 is 10.9. The standard InChI is InChI=1S/C21H29NO3.C13H21NO3/c1-15(16-9-7-6-8-10-16)22-14-20(5,21(11-12-21)18(22)24)13-17(23)25-19(2,3)4;1-11(2,3)17-9(15)7-12(4)8-14-10(16)13(12)5-6-13/h6-10,15H,11-14H2,1-5H3;5-8H2,1-4H3,(H,14,16)/t15-,20-;12-/m11/s1. The van der Waals surface area contributed by atoms with Gasteiger partial charge in [0.25, 0.3) is 0 Å². The molecule has 4 aliphatic rings. The second kappa shape index (κ2) is 10.7. The van der Waals surface area contributed by atoms with Gasteiger partial charge in [0.05, 0.1) is 29.7 Å². The van der Waals surface area contributed by atoms with Crippen molar-refractivity contribution in [1.29, 1.82) is 0 Å². The van der Waals surface area contributed by atoms with Crippen LogP contribution in [0.1, 0.15) is 112 Å². The number of likely N-dealkylation sites (tertiary alicyclic amines) is 1. The summed E-state index contributed by atoms with van der Waals surface area (Å²) >= 11 is 0. The number of carbonyl (C=O) groups excluding carboxylic acids is 4. The lowest BCUT2D eigenvalue weighted by Crippen LogP contribution is -2.35. The van der Waals surface area contributed by atoms with Crippen molar-refractivity contribution in [1.82, 2.24) is 10.2 Å². The number of ether oxygens (including phenoxy) is 2. The minimum absolute atomic E-state index is 0.0200. The van der Waals surface area contributed by atoms with E-state index in [9.17, 15) is 19.2 Å². The smallest absolute Gasteiger partial charge is 0.306 e. The summed E-state index contributed by atoms with van der Waals surface area (Å²) in [7, 11) is 0. The summed E-state index contributed by atoms with van der Waals surface area (Å²) in [4.78, 5) is 51.2. The van der Waals surface area contributed by atoms with Gasteiger partial charge in [0.2, 0.25) is 11.8 Å². The molecule has 8 heteroatoms. The van der Waals surface area contributed by atoms with Crippen molar-refractivity contribution in [3.05, 3.63) is 35.9 Å². The van der Waals surface area contributed by atoms with Crippen LogP contribution in [0.4, 0.5) is 0 Å². The van der Waals surface area contributed by atoms with Crippen molar-refractivity contribution in [2.24, 2.45) is 21.7 Å². The first-order valence-electron chi connectivity index (χ1n) is 15.3. The largest absolute Gasteiger partial charge is 0.460 e. The van der Waals surface area contributed by atoms with E-state index in [1.54, 1.807) is 0 Å². The number of amides is 2. The fraction of sp³-hybridized carbons (Fsp3) is 0.706.